The Morgan fingerprint density at radius 2 is 2.13 bits per heavy atom. The lowest BCUT2D eigenvalue weighted by atomic mass is 10.0. The molecule has 7 nitrogen and oxygen atoms in total. The molecule has 2 aromatic rings. The number of rotatable bonds is 2. The van der Waals surface area contributed by atoms with Crippen molar-refractivity contribution in [3.63, 3.8) is 0 Å². The summed E-state index contributed by atoms with van der Waals surface area (Å²) in [5.74, 6) is -1.72. The number of Topliss-reactive ketones (excluding diaryl/α,β-unsaturated/α-hetero) is 1. The largest absolute Gasteiger partial charge is 0.343 e. The van der Waals surface area contributed by atoms with Crippen LogP contribution in [0.3, 0.4) is 0 Å². The number of ether oxygens (including phenoxy) is 2. The Bertz CT molecular complexity index is 852. The molecule has 0 aliphatic carbocycles. The second-order valence-corrected chi connectivity index (χ2v) is 5.66. The molecular weight excluding hydrogens is 330 g/mol. The summed E-state index contributed by atoms with van der Waals surface area (Å²) in [7, 11) is 0. The van der Waals surface area contributed by atoms with Crippen LogP contribution >= 0.6 is 12.2 Å². The Kier molecular flexibility index (Phi) is 3.32. The van der Waals surface area contributed by atoms with E-state index in [1.165, 1.54) is 10.7 Å². The van der Waals surface area contributed by atoms with E-state index in [-0.39, 0.29) is 35.4 Å². The maximum Gasteiger partial charge on any atom is 0.221 e. The fourth-order valence-electron chi connectivity index (χ4n) is 2.74. The normalized spacial score (nSPS) is 26.7. The van der Waals surface area contributed by atoms with Crippen LogP contribution in [0, 0.1) is 16.4 Å². The van der Waals surface area contributed by atoms with Gasteiger partial charge in [0.2, 0.25) is 11.1 Å². The lowest BCUT2D eigenvalue weighted by molar-refractivity contribution is -0.156. The summed E-state index contributed by atoms with van der Waals surface area (Å²) in [6.07, 6.45) is -1.04. The van der Waals surface area contributed by atoms with Crippen LogP contribution in [0.4, 0.5) is 8.78 Å². The highest BCUT2D eigenvalue weighted by Crippen LogP contribution is 2.32. The monoisotopic (exact) mass is 340 g/mol. The van der Waals surface area contributed by atoms with Crippen LogP contribution in [-0.4, -0.2) is 44.6 Å². The summed E-state index contributed by atoms with van der Waals surface area (Å²) in [5.41, 5.74) is -0.0220. The predicted molar refractivity (Wildman–Crippen MR) is 73.4 cm³/mol. The van der Waals surface area contributed by atoms with E-state index in [0.717, 1.165) is 16.8 Å². The highest BCUT2D eigenvalue weighted by atomic mass is 32.1. The molecular formula is C13H10F2N4O3S. The molecule has 2 aliphatic rings. The first-order valence-electron chi connectivity index (χ1n) is 6.84. The van der Waals surface area contributed by atoms with Crippen LogP contribution in [0.1, 0.15) is 12.5 Å². The second kappa shape index (κ2) is 5.25. The molecule has 4 rings (SSSR count). The number of hydrogen-bond acceptors (Lipinski definition) is 6. The second-order valence-electron chi connectivity index (χ2n) is 5.29. The van der Waals surface area contributed by atoms with E-state index in [9.17, 15) is 13.6 Å². The Morgan fingerprint density at radius 1 is 1.30 bits per heavy atom. The van der Waals surface area contributed by atoms with Crippen molar-refractivity contribution in [2.24, 2.45) is 0 Å². The summed E-state index contributed by atoms with van der Waals surface area (Å²) >= 11 is 5.27. The number of carbonyl (C=O) groups excluding carboxylic acids is 1. The van der Waals surface area contributed by atoms with Gasteiger partial charge in [-0.05, 0) is 34.8 Å². The topological polar surface area (TPSA) is 71.2 Å². The van der Waals surface area contributed by atoms with E-state index in [1.54, 1.807) is 0 Å². The first-order valence-corrected chi connectivity index (χ1v) is 7.25. The molecule has 0 unspecified atom stereocenters. The minimum absolute atomic E-state index is 0.0220. The molecule has 1 aromatic carbocycles. The van der Waals surface area contributed by atoms with Crippen molar-refractivity contribution in [3.05, 3.63) is 34.6 Å². The lowest BCUT2D eigenvalue weighted by Crippen LogP contribution is -2.37. The summed E-state index contributed by atoms with van der Waals surface area (Å²) < 4.78 is 40.1. The fourth-order valence-corrected chi connectivity index (χ4v) is 3.04. The number of fused-ring (bicyclic) bond motifs is 2. The van der Waals surface area contributed by atoms with E-state index in [0.29, 0.717) is 0 Å². The molecule has 2 bridgehead atoms. The van der Waals surface area contributed by atoms with Gasteiger partial charge in [-0.15, -0.1) is 0 Å². The van der Waals surface area contributed by atoms with Crippen LogP contribution in [0.25, 0.3) is 5.69 Å². The zero-order valence-electron chi connectivity index (χ0n) is 11.6. The highest BCUT2D eigenvalue weighted by molar-refractivity contribution is 7.71. The smallest absolute Gasteiger partial charge is 0.221 e. The standard InChI is InChI=1S/C13H10F2N4O3S/c14-6-1-2-8(7(15)3-6)18-13(23)19(17-16-18)9-4-10(20)12-21-5-11(9)22-12/h1-3,9,11-12H,4-5H2/t9-,11+,12+/m1/s1. The molecule has 1 aromatic heterocycles. The van der Waals surface area contributed by atoms with Crippen molar-refractivity contribution in [3.8, 4) is 5.69 Å². The molecule has 0 saturated carbocycles. The van der Waals surface area contributed by atoms with Crippen molar-refractivity contribution >= 4 is 18.0 Å². The summed E-state index contributed by atoms with van der Waals surface area (Å²) in [6, 6.07) is 2.59. The molecule has 0 N–H and O–H groups in total. The van der Waals surface area contributed by atoms with E-state index in [1.807, 2.05) is 0 Å². The average molecular weight is 340 g/mol. The van der Waals surface area contributed by atoms with Gasteiger partial charge in [0.15, 0.2) is 11.6 Å². The number of aromatic nitrogens is 4. The van der Waals surface area contributed by atoms with Crippen LogP contribution in [0.2, 0.25) is 0 Å². The third-order valence-corrected chi connectivity index (χ3v) is 4.23. The van der Waals surface area contributed by atoms with Gasteiger partial charge in [0, 0.05) is 12.5 Å². The van der Waals surface area contributed by atoms with Crippen molar-refractivity contribution in [1.82, 2.24) is 19.8 Å². The lowest BCUT2D eigenvalue weighted by Gasteiger charge is -2.25. The van der Waals surface area contributed by atoms with Crippen molar-refractivity contribution < 1.29 is 23.0 Å². The van der Waals surface area contributed by atoms with E-state index in [4.69, 9.17) is 21.7 Å². The molecule has 23 heavy (non-hydrogen) atoms. The Balaban J connectivity index is 1.74. The first kappa shape index (κ1) is 14.5. The maximum absolute atomic E-state index is 13.9. The SMILES string of the molecule is O=C1C[C@@H](n2nnn(-c3ccc(F)cc3F)c2=S)[C@@H]2CO[C@H]1O2. The molecule has 2 fully saturated rings. The fraction of sp³-hybridized carbons (Fsp3) is 0.385. The van der Waals surface area contributed by atoms with Crippen LogP contribution < -0.4 is 0 Å². The van der Waals surface area contributed by atoms with E-state index < -0.39 is 24.0 Å². The van der Waals surface area contributed by atoms with Gasteiger partial charge in [-0.1, -0.05) is 0 Å². The van der Waals surface area contributed by atoms with Gasteiger partial charge in [0.25, 0.3) is 0 Å². The van der Waals surface area contributed by atoms with E-state index >= 15 is 0 Å². The Hall–Kier alpha value is -2.04. The molecule has 10 heteroatoms. The third-order valence-electron chi connectivity index (χ3n) is 3.87. The number of hydrogen-bond donors (Lipinski definition) is 0. The van der Waals surface area contributed by atoms with Gasteiger partial charge >= 0.3 is 0 Å². The number of benzene rings is 1. The van der Waals surface area contributed by atoms with Gasteiger partial charge in [0.1, 0.15) is 17.6 Å². The van der Waals surface area contributed by atoms with Crippen molar-refractivity contribution in [1.29, 1.82) is 0 Å². The van der Waals surface area contributed by atoms with Gasteiger partial charge < -0.3 is 9.47 Å². The minimum Gasteiger partial charge on any atom is -0.343 e. The maximum atomic E-state index is 13.9. The number of halogens is 2. The summed E-state index contributed by atoms with van der Waals surface area (Å²) in [5, 5.41) is 7.72. The quantitative estimate of drug-likeness (QED) is 0.768. The van der Waals surface area contributed by atoms with Gasteiger partial charge in [-0.2, -0.15) is 4.68 Å². The zero-order chi connectivity index (χ0) is 16.1. The van der Waals surface area contributed by atoms with Crippen LogP contribution in [0.15, 0.2) is 18.2 Å². The number of ketones is 1. The van der Waals surface area contributed by atoms with Crippen LogP contribution in [-0.2, 0) is 14.3 Å². The zero-order valence-corrected chi connectivity index (χ0v) is 12.4. The van der Waals surface area contributed by atoms with E-state index in [2.05, 4.69) is 10.4 Å². The molecule has 0 amide bonds. The van der Waals surface area contributed by atoms with Gasteiger partial charge in [0.05, 0.1) is 12.6 Å². The Morgan fingerprint density at radius 3 is 2.91 bits per heavy atom. The van der Waals surface area contributed by atoms with Gasteiger partial charge in [-0.25, -0.2) is 13.5 Å². The number of tetrazole rings is 1. The third kappa shape index (κ3) is 2.30. The van der Waals surface area contributed by atoms with Crippen molar-refractivity contribution in [2.75, 3.05) is 6.61 Å². The Labute approximate surface area is 133 Å². The molecule has 3 atom stereocenters. The molecule has 0 radical (unpaired) electrons. The summed E-state index contributed by atoms with van der Waals surface area (Å²) in [4.78, 5) is 11.9. The molecule has 0 spiro atoms. The summed E-state index contributed by atoms with van der Waals surface area (Å²) in [6.45, 7) is 0.251. The predicted octanol–water partition coefficient (Wildman–Crippen LogP) is 1.33. The molecule has 120 valence electrons. The number of carbonyl (C=O) groups is 1. The van der Waals surface area contributed by atoms with Crippen molar-refractivity contribution in [2.45, 2.75) is 24.9 Å². The highest BCUT2D eigenvalue weighted by Gasteiger charge is 2.45. The average Bonchev–Trinajstić information content (AvgIpc) is 3.09. The first-order chi connectivity index (χ1) is 11.0. The van der Waals surface area contributed by atoms with Crippen LogP contribution in [0.5, 0.6) is 0 Å². The minimum atomic E-state index is -0.824. The van der Waals surface area contributed by atoms with Gasteiger partial charge in [-0.3, -0.25) is 4.79 Å². The molecule has 2 aliphatic heterocycles. The molecule has 3 heterocycles. The number of nitrogens with zero attached hydrogens (tertiary/aromatic N) is 4. The molecule has 2 saturated heterocycles.